The van der Waals surface area contributed by atoms with Crippen molar-refractivity contribution < 1.29 is 14.2 Å². The highest BCUT2D eigenvalue weighted by atomic mass is 16.5. The highest BCUT2D eigenvalue weighted by Crippen LogP contribution is 2.16. The standard InChI is InChI=1S/C13H27NO3/c1-13(2,15-4)12(14-3)10-16-9-11-7-5-6-8-17-11/h11-12,14H,5-10H2,1-4H3. The SMILES string of the molecule is CNC(COCC1CCCCO1)C(C)(C)OC. The topological polar surface area (TPSA) is 39.7 Å². The highest BCUT2D eigenvalue weighted by Gasteiger charge is 2.28. The van der Waals surface area contributed by atoms with Gasteiger partial charge in [-0.05, 0) is 40.2 Å². The van der Waals surface area contributed by atoms with Crippen LogP contribution in [0.4, 0.5) is 0 Å². The van der Waals surface area contributed by atoms with Gasteiger partial charge in [-0.2, -0.15) is 0 Å². The summed E-state index contributed by atoms with van der Waals surface area (Å²) < 4.78 is 16.8. The molecule has 4 nitrogen and oxygen atoms in total. The summed E-state index contributed by atoms with van der Waals surface area (Å²) in [4.78, 5) is 0. The number of hydrogen-bond acceptors (Lipinski definition) is 4. The Morgan fingerprint density at radius 2 is 2.18 bits per heavy atom. The van der Waals surface area contributed by atoms with Crippen molar-refractivity contribution in [1.29, 1.82) is 0 Å². The second-order valence-corrected chi connectivity index (χ2v) is 5.17. The maximum Gasteiger partial charge on any atom is 0.0808 e. The zero-order valence-corrected chi connectivity index (χ0v) is 11.6. The van der Waals surface area contributed by atoms with Gasteiger partial charge in [0.1, 0.15) is 0 Å². The van der Waals surface area contributed by atoms with Crippen molar-refractivity contribution in [2.75, 3.05) is 34.0 Å². The molecule has 1 aliphatic heterocycles. The van der Waals surface area contributed by atoms with Crippen molar-refractivity contribution in [1.82, 2.24) is 5.32 Å². The largest absolute Gasteiger partial charge is 0.377 e. The predicted molar refractivity (Wildman–Crippen MR) is 68.3 cm³/mol. The van der Waals surface area contributed by atoms with E-state index in [1.54, 1.807) is 7.11 Å². The smallest absolute Gasteiger partial charge is 0.0808 e. The van der Waals surface area contributed by atoms with Crippen molar-refractivity contribution in [3.63, 3.8) is 0 Å². The van der Waals surface area contributed by atoms with Gasteiger partial charge in [0.05, 0.1) is 31.0 Å². The summed E-state index contributed by atoms with van der Waals surface area (Å²) in [5.74, 6) is 0. The van der Waals surface area contributed by atoms with Crippen LogP contribution in [0.3, 0.4) is 0 Å². The molecular weight excluding hydrogens is 218 g/mol. The van der Waals surface area contributed by atoms with Crippen molar-refractivity contribution in [2.45, 2.75) is 50.9 Å². The Labute approximate surface area is 105 Å². The molecule has 1 aliphatic rings. The van der Waals surface area contributed by atoms with E-state index in [9.17, 15) is 0 Å². The van der Waals surface area contributed by atoms with Crippen molar-refractivity contribution in [3.05, 3.63) is 0 Å². The van der Waals surface area contributed by atoms with Gasteiger partial charge in [-0.25, -0.2) is 0 Å². The van der Waals surface area contributed by atoms with Gasteiger partial charge in [0.25, 0.3) is 0 Å². The van der Waals surface area contributed by atoms with E-state index in [1.165, 1.54) is 12.8 Å². The average Bonchev–Trinajstić information content (AvgIpc) is 2.35. The van der Waals surface area contributed by atoms with Crippen LogP contribution in [-0.2, 0) is 14.2 Å². The first kappa shape index (κ1) is 14.9. The first-order valence-corrected chi connectivity index (χ1v) is 6.52. The third-order valence-corrected chi connectivity index (χ3v) is 3.58. The number of ether oxygens (including phenoxy) is 3. The number of nitrogens with one attached hydrogen (secondary N) is 1. The van der Waals surface area contributed by atoms with Crippen molar-refractivity contribution in [2.24, 2.45) is 0 Å². The Balaban J connectivity index is 2.23. The van der Waals surface area contributed by atoms with Gasteiger partial charge in [-0.15, -0.1) is 0 Å². The van der Waals surface area contributed by atoms with Crippen LogP contribution in [0.1, 0.15) is 33.1 Å². The quantitative estimate of drug-likeness (QED) is 0.739. The normalized spacial score (nSPS) is 23.6. The van der Waals surface area contributed by atoms with Crippen molar-refractivity contribution >= 4 is 0 Å². The Morgan fingerprint density at radius 1 is 1.41 bits per heavy atom. The molecule has 0 aromatic rings. The van der Waals surface area contributed by atoms with Gasteiger partial charge in [0.2, 0.25) is 0 Å². The molecule has 0 radical (unpaired) electrons. The summed E-state index contributed by atoms with van der Waals surface area (Å²) in [6.45, 7) is 6.35. The molecule has 2 unspecified atom stereocenters. The van der Waals surface area contributed by atoms with Crippen molar-refractivity contribution in [3.8, 4) is 0 Å². The van der Waals surface area contributed by atoms with Gasteiger partial charge in [-0.1, -0.05) is 0 Å². The van der Waals surface area contributed by atoms with Crippen LogP contribution in [0.2, 0.25) is 0 Å². The number of methoxy groups -OCH3 is 1. The minimum atomic E-state index is -0.220. The second kappa shape index (κ2) is 7.31. The van der Waals surface area contributed by atoms with E-state index in [0.29, 0.717) is 13.2 Å². The van der Waals surface area contributed by atoms with Crippen LogP contribution in [0, 0.1) is 0 Å². The monoisotopic (exact) mass is 245 g/mol. The van der Waals surface area contributed by atoms with E-state index in [1.807, 2.05) is 7.05 Å². The van der Waals surface area contributed by atoms with Gasteiger partial charge < -0.3 is 19.5 Å². The molecule has 0 bridgehead atoms. The minimum Gasteiger partial charge on any atom is -0.377 e. The van der Waals surface area contributed by atoms with Gasteiger partial charge in [0, 0.05) is 13.7 Å². The van der Waals surface area contributed by atoms with Crippen LogP contribution in [0.25, 0.3) is 0 Å². The maximum atomic E-state index is 5.75. The lowest BCUT2D eigenvalue weighted by Gasteiger charge is -2.33. The zero-order chi connectivity index (χ0) is 12.7. The van der Waals surface area contributed by atoms with Gasteiger partial charge in [0.15, 0.2) is 0 Å². The molecule has 1 heterocycles. The van der Waals surface area contributed by atoms with E-state index >= 15 is 0 Å². The van der Waals surface area contributed by atoms with E-state index in [0.717, 1.165) is 13.0 Å². The van der Waals surface area contributed by atoms with Crippen LogP contribution < -0.4 is 5.32 Å². The van der Waals surface area contributed by atoms with Crippen LogP contribution >= 0.6 is 0 Å². The molecule has 0 aromatic heterocycles. The molecule has 1 saturated heterocycles. The molecule has 1 rings (SSSR count). The molecule has 1 fully saturated rings. The maximum absolute atomic E-state index is 5.75. The Kier molecular flexibility index (Phi) is 6.41. The summed E-state index contributed by atoms with van der Waals surface area (Å²) in [5, 5.41) is 3.24. The molecule has 1 N–H and O–H groups in total. The summed E-state index contributed by atoms with van der Waals surface area (Å²) in [7, 11) is 3.67. The molecule has 2 atom stereocenters. The highest BCUT2D eigenvalue weighted by molar-refractivity contribution is 4.84. The Morgan fingerprint density at radius 3 is 2.71 bits per heavy atom. The van der Waals surface area contributed by atoms with Crippen LogP contribution in [-0.4, -0.2) is 51.7 Å². The van der Waals surface area contributed by atoms with Gasteiger partial charge in [-0.3, -0.25) is 0 Å². The third kappa shape index (κ3) is 4.92. The lowest BCUT2D eigenvalue weighted by atomic mass is 9.99. The summed E-state index contributed by atoms with van der Waals surface area (Å²) in [6, 6.07) is 0.191. The van der Waals surface area contributed by atoms with Crippen LogP contribution in [0.15, 0.2) is 0 Å². The fourth-order valence-corrected chi connectivity index (χ4v) is 2.03. The van der Waals surface area contributed by atoms with Gasteiger partial charge >= 0.3 is 0 Å². The summed E-state index contributed by atoms with van der Waals surface area (Å²) in [5.41, 5.74) is -0.220. The molecule has 0 saturated carbocycles. The number of hydrogen-bond donors (Lipinski definition) is 1. The minimum absolute atomic E-state index is 0.191. The molecule has 0 spiro atoms. The summed E-state index contributed by atoms with van der Waals surface area (Å²) in [6.07, 6.45) is 3.85. The molecule has 102 valence electrons. The molecular formula is C13H27NO3. The Hall–Kier alpha value is -0.160. The predicted octanol–water partition coefficient (Wildman–Crippen LogP) is 1.59. The number of rotatable bonds is 7. The molecule has 0 aliphatic carbocycles. The van der Waals surface area contributed by atoms with Crippen LogP contribution in [0.5, 0.6) is 0 Å². The lowest BCUT2D eigenvalue weighted by Crippen LogP contribution is -2.49. The van der Waals surface area contributed by atoms with E-state index in [4.69, 9.17) is 14.2 Å². The van der Waals surface area contributed by atoms with E-state index in [-0.39, 0.29) is 17.7 Å². The number of likely N-dealkylation sites (N-methyl/N-ethyl adjacent to an activating group) is 1. The van der Waals surface area contributed by atoms with E-state index in [2.05, 4.69) is 19.2 Å². The fraction of sp³-hybridized carbons (Fsp3) is 1.00. The molecule has 17 heavy (non-hydrogen) atoms. The molecule has 0 amide bonds. The van der Waals surface area contributed by atoms with E-state index < -0.39 is 0 Å². The summed E-state index contributed by atoms with van der Waals surface area (Å²) >= 11 is 0. The first-order valence-electron chi connectivity index (χ1n) is 6.52. The first-order chi connectivity index (χ1) is 8.10. The lowest BCUT2D eigenvalue weighted by molar-refractivity contribution is -0.0698. The zero-order valence-electron chi connectivity index (χ0n) is 11.6. The fourth-order valence-electron chi connectivity index (χ4n) is 2.03. The second-order valence-electron chi connectivity index (χ2n) is 5.17. The molecule has 4 heteroatoms. The molecule has 0 aromatic carbocycles. The Bertz CT molecular complexity index is 203. The average molecular weight is 245 g/mol. The third-order valence-electron chi connectivity index (χ3n) is 3.58.